The number of amides is 7. The Kier molecular flexibility index (Phi) is 19.5. The molecule has 2 saturated heterocycles. The lowest BCUT2D eigenvalue weighted by atomic mass is 9.85. The number of H-pyrrole nitrogens is 1. The van der Waals surface area contributed by atoms with Gasteiger partial charge in [0, 0.05) is 42.3 Å². The van der Waals surface area contributed by atoms with Crippen LogP contribution in [0.4, 0.5) is 5.69 Å². The number of halogens is 1. The van der Waals surface area contributed by atoms with Gasteiger partial charge in [-0.1, -0.05) is 87.0 Å². The summed E-state index contributed by atoms with van der Waals surface area (Å²) >= 11 is 8.67. The van der Waals surface area contributed by atoms with E-state index in [1.165, 1.54) is 34.1 Å². The first-order chi connectivity index (χ1) is 42.7. The van der Waals surface area contributed by atoms with Crippen LogP contribution in [0.5, 0.6) is 5.75 Å². The number of nitrogens with two attached hydrogens (primary N) is 1. The summed E-state index contributed by atoms with van der Waals surface area (Å²) < 4.78 is 18.0. The highest BCUT2D eigenvalue weighted by Gasteiger charge is 2.47. The summed E-state index contributed by atoms with van der Waals surface area (Å²) in [6.45, 7) is 10.2. The predicted molar refractivity (Wildman–Crippen MR) is 338 cm³/mol. The number of primary amides is 1. The average Bonchev–Trinajstić information content (AvgIpc) is 1.61. The van der Waals surface area contributed by atoms with Crippen molar-refractivity contribution in [2.24, 2.45) is 11.1 Å². The largest absolute Gasteiger partial charge is 0.490 e. The second-order valence-corrected chi connectivity index (χ2v) is 27.6. The maximum absolute atomic E-state index is 14.6. The van der Waals surface area contributed by atoms with Crippen molar-refractivity contribution in [2.75, 3.05) is 37.7 Å². The van der Waals surface area contributed by atoms with E-state index in [1.54, 1.807) is 22.9 Å². The van der Waals surface area contributed by atoms with Crippen LogP contribution in [0.2, 0.25) is 5.02 Å². The molecule has 0 spiro atoms. The van der Waals surface area contributed by atoms with Gasteiger partial charge in [-0.25, -0.2) is 4.98 Å². The van der Waals surface area contributed by atoms with E-state index >= 15 is 0 Å². The van der Waals surface area contributed by atoms with Crippen molar-refractivity contribution in [1.82, 2.24) is 41.0 Å². The minimum absolute atomic E-state index is 0.0113. The van der Waals surface area contributed by atoms with Crippen molar-refractivity contribution in [1.29, 1.82) is 0 Å². The molecular weight excluding hydrogens is 1220 g/mol. The summed E-state index contributed by atoms with van der Waals surface area (Å²) in [4.78, 5) is 142. The standard InChI is InChI=1S/C64H74ClN10O13PS/c1-34(36-12-14-39(15-13-36)56-35(2)67-33-90-56)68-59(80)49-29-44(76)30-74(49)62(83)57(64(3,4)5)72-53(78)31-73-24-22-37(23-25-73)45-10-7-11-51(54(45)65)88-32-43(18-21-52(66)77)69-60(81)50-28-40-9-6-8-38-16-20-47(61(82)75(50)55(38)40)71-58(79)48-27-42-26-41(17-19-46(42)70-48)63(84)89(85,86)87/h6-15,17,19,26-27,33-34,37,43-44,47,49-50,57,70,76H,16,18,20-25,28-32H2,1-5H3,(H2,66,77)(H,68,80)(H,69,81)(H,71,79)(H,72,78)(H2,85,86,87)/t34-,43-,44+,47-,49-,50-,57+/m0/s1. The Morgan fingerprint density at radius 3 is 2.31 bits per heavy atom. The van der Waals surface area contributed by atoms with Gasteiger partial charge in [-0.05, 0) is 129 Å². The lowest BCUT2D eigenvalue weighted by Crippen LogP contribution is -2.59. The number of aliphatic hydroxyl groups excluding tert-OH is 1. The topological polar surface area (TPSA) is 336 Å². The summed E-state index contributed by atoms with van der Waals surface area (Å²) in [5.41, 5.74) is 11.3. The number of likely N-dealkylation sites (tertiary alicyclic amines) is 2. The molecule has 7 atom stereocenters. The molecule has 2 fully saturated rings. The zero-order valence-electron chi connectivity index (χ0n) is 50.5. The maximum atomic E-state index is 14.6. The van der Waals surface area contributed by atoms with Crippen molar-refractivity contribution >= 4 is 94.0 Å². The number of rotatable bonds is 21. The average molecular weight is 1290 g/mol. The number of benzene rings is 4. The number of carbonyl (C=O) groups excluding carboxylic acids is 8. The van der Waals surface area contributed by atoms with E-state index in [4.69, 9.17) is 22.1 Å². The van der Waals surface area contributed by atoms with Crippen LogP contribution in [0.25, 0.3) is 21.3 Å². The van der Waals surface area contributed by atoms with Gasteiger partial charge < -0.3 is 56.5 Å². The number of ether oxygens (including phenoxy) is 1. The second kappa shape index (κ2) is 26.9. The Labute approximate surface area is 529 Å². The molecule has 2 aromatic heterocycles. The number of piperidine rings is 1. The van der Waals surface area contributed by atoms with Gasteiger partial charge in [0.1, 0.15) is 42.2 Å². The number of hydrogen-bond acceptors (Lipinski definition) is 14. The SMILES string of the molecule is Cc1ncsc1-c1ccc([C@H](C)NC(=O)[C@@H]2C[C@@H](O)CN2C(=O)[C@@H](NC(=O)CN2CCC(c3cccc(OC[C@H](CCC(N)=O)NC(=O)[C@@H]4Cc5cccc6c5N4C(=O)[C@@H](NC(=O)c4cc5cc(C(=O)P(=O)(O)O)ccc5[nH]4)CC6)c3Cl)CC2)C(C)(C)C)cc1. The Hall–Kier alpha value is -7.83. The fourth-order valence-electron chi connectivity index (χ4n) is 12.6. The Balaban J connectivity index is 0.738. The van der Waals surface area contributed by atoms with Gasteiger partial charge in [0.25, 0.3) is 11.4 Å². The van der Waals surface area contributed by atoms with Crippen LogP contribution in [-0.4, -0.2) is 151 Å². The number of aromatic amines is 1. The molecule has 26 heteroatoms. The summed E-state index contributed by atoms with van der Waals surface area (Å²) in [6.07, 6.45) is 1.14. The third-order valence-corrected chi connectivity index (χ3v) is 19.5. The highest BCUT2D eigenvalue weighted by molar-refractivity contribution is 7.70. The van der Waals surface area contributed by atoms with Gasteiger partial charge >= 0.3 is 7.60 Å². The summed E-state index contributed by atoms with van der Waals surface area (Å²) in [7, 11) is -5.07. The number of anilines is 1. The molecular formula is C64H74ClN10O13PS. The van der Waals surface area contributed by atoms with Crippen LogP contribution in [0.3, 0.4) is 0 Å². The normalized spacial score (nSPS) is 19.8. The van der Waals surface area contributed by atoms with E-state index in [0.29, 0.717) is 59.7 Å². The number of hydrogen-bond donors (Lipinski definition) is 9. The van der Waals surface area contributed by atoms with Crippen LogP contribution >= 0.6 is 30.5 Å². The first-order valence-electron chi connectivity index (χ1n) is 30.0. The molecule has 0 unspecified atom stereocenters. The van der Waals surface area contributed by atoms with Gasteiger partial charge in [0.2, 0.25) is 35.4 Å². The van der Waals surface area contributed by atoms with E-state index in [-0.39, 0.29) is 74.9 Å². The first-order valence-corrected chi connectivity index (χ1v) is 32.9. The van der Waals surface area contributed by atoms with Gasteiger partial charge in [-0.2, -0.15) is 0 Å². The summed E-state index contributed by atoms with van der Waals surface area (Å²) in [6, 6.07) is 18.9. The molecule has 4 aliphatic rings. The zero-order valence-corrected chi connectivity index (χ0v) is 53.0. The number of β-amino-alcohol motifs (C(OH)–C–C–N with tert-alkyl or cyclic N) is 1. The number of carbonyl (C=O) groups is 8. The summed E-state index contributed by atoms with van der Waals surface area (Å²) in [5, 5.41) is 23.3. The van der Waals surface area contributed by atoms with Crippen LogP contribution in [-0.2, 0) is 46.2 Å². The van der Waals surface area contributed by atoms with Crippen LogP contribution < -0.4 is 36.6 Å². The quantitative estimate of drug-likeness (QED) is 0.0376. The van der Waals surface area contributed by atoms with E-state index in [2.05, 4.69) is 31.2 Å². The van der Waals surface area contributed by atoms with Crippen molar-refractivity contribution in [3.63, 3.8) is 0 Å². The fourth-order valence-corrected chi connectivity index (χ4v) is 14.2. The fraction of sp³-hybridized carbons (Fsp3) is 0.422. The summed E-state index contributed by atoms with van der Waals surface area (Å²) in [5.74, 6) is -3.21. The van der Waals surface area contributed by atoms with Gasteiger partial charge in [0.05, 0.1) is 51.5 Å². The highest BCUT2D eigenvalue weighted by atomic mass is 35.5. The lowest BCUT2D eigenvalue weighted by molar-refractivity contribution is -0.144. The molecule has 90 heavy (non-hydrogen) atoms. The number of fused-ring (bicyclic) bond motifs is 1. The molecule has 10 rings (SSSR count). The van der Waals surface area contributed by atoms with Crippen molar-refractivity contribution < 1.29 is 62.6 Å². The second-order valence-electron chi connectivity index (χ2n) is 24.9. The first kappa shape index (κ1) is 65.1. The smallest absolute Gasteiger partial charge is 0.396 e. The Bertz CT molecular complexity index is 3820. The molecule has 0 radical (unpaired) electrons. The molecule has 0 bridgehead atoms. The predicted octanol–water partition coefficient (Wildman–Crippen LogP) is 5.95. The molecule has 0 aliphatic carbocycles. The Morgan fingerprint density at radius 2 is 1.62 bits per heavy atom. The molecule has 476 valence electrons. The number of aryl methyl sites for hydroxylation is 2. The van der Waals surface area contributed by atoms with E-state index < -0.39 is 96.3 Å². The molecule has 10 N–H and O–H groups in total. The third kappa shape index (κ3) is 14.5. The van der Waals surface area contributed by atoms with E-state index in [9.17, 15) is 57.8 Å². The molecule has 6 heterocycles. The number of nitrogens with one attached hydrogen (secondary N) is 5. The zero-order chi connectivity index (χ0) is 64.5. The number of nitrogens with zero attached hydrogens (tertiary/aromatic N) is 4. The Morgan fingerprint density at radius 1 is 0.911 bits per heavy atom. The van der Waals surface area contributed by atoms with Gasteiger partial charge in [-0.15, -0.1) is 11.3 Å². The number of thiazole rings is 1. The van der Waals surface area contributed by atoms with Crippen molar-refractivity contribution in [3.8, 4) is 16.2 Å². The monoisotopic (exact) mass is 1290 g/mol. The van der Waals surface area contributed by atoms with Gasteiger partial charge in [0.15, 0.2) is 0 Å². The number of aromatic nitrogens is 2. The van der Waals surface area contributed by atoms with E-state index in [1.807, 2.05) is 94.1 Å². The van der Waals surface area contributed by atoms with Crippen LogP contribution in [0.1, 0.15) is 127 Å². The molecule has 23 nitrogen and oxygen atoms in total. The van der Waals surface area contributed by atoms with Gasteiger partial charge in [-0.3, -0.25) is 52.7 Å². The third-order valence-electron chi connectivity index (χ3n) is 17.4. The molecule has 4 aliphatic heterocycles. The van der Waals surface area contributed by atoms with Crippen molar-refractivity contribution in [3.05, 3.63) is 135 Å². The highest BCUT2D eigenvalue weighted by Crippen LogP contribution is 2.42. The lowest BCUT2D eigenvalue weighted by Gasteiger charge is -2.36. The molecule has 4 aromatic carbocycles. The number of para-hydroxylation sites is 1. The molecule has 6 aromatic rings. The number of aliphatic hydroxyl groups is 1. The van der Waals surface area contributed by atoms with Crippen LogP contribution in [0.15, 0.2) is 90.4 Å². The minimum Gasteiger partial charge on any atom is -0.490 e. The van der Waals surface area contributed by atoms with Crippen molar-refractivity contribution in [2.45, 2.75) is 134 Å². The molecule has 0 saturated carbocycles. The minimum atomic E-state index is -5.07. The van der Waals surface area contributed by atoms with E-state index in [0.717, 1.165) is 38.4 Å². The van der Waals surface area contributed by atoms with Crippen LogP contribution in [0, 0.1) is 12.3 Å². The molecule has 7 amide bonds. The maximum Gasteiger partial charge on any atom is 0.396 e.